The smallest absolute Gasteiger partial charge is 0.468 e. The summed E-state index contributed by atoms with van der Waals surface area (Å²) in [7, 11) is 2.29. The molecule has 1 saturated heterocycles. The maximum absolute atomic E-state index is 13.9. The molecular formula is C22H24F3NO11. The van der Waals surface area contributed by atoms with Gasteiger partial charge in [-0.3, -0.25) is 14.4 Å². The zero-order valence-corrected chi connectivity index (χ0v) is 20.3. The lowest BCUT2D eigenvalue weighted by molar-refractivity contribution is -0.288. The second kappa shape index (κ2) is 12.4. The fourth-order valence-corrected chi connectivity index (χ4v) is 3.22. The fourth-order valence-electron chi connectivity index (χ4n) is 3.22. The van der Waals surface area contributed by atoms with Crippen LogP contribution >= 0.6 is 0 Å². The summed E-state index contributed by atoms with van der Waals surface area (Å²) >= 11 is 0. The molecule has 204 valence electrons. The van der Waals surface area contributed by atoms with E-state index < -0.39 is 66.7 Å². The van der Waals surface area contributed by atoms with Crippen molar-refractivity contribution in [2.45, 2.75) is 57.7 Å². The minimum atomic E-state index is -5.20. The van der Waals surface area contributed by atoms with Gasteiger partial charge in [0, 0.05) is 20.8 Å². The molecule has 12 nitrogen and oxygen atoms in total. The lowest BCUT2D eigenvalue weighted by Gasteiger charge is -2.43. The Balaban J connectivity index is 2.59. The highest BCUT2D eigenvalue weighted by Gasteiger charge is 2.57. The van der Waals surface area contributed by atoms with Crippen molar-refractivity contribution in [2.75, 3.05) is 14.2 Å². The molecule has 37 heavy (non-hydrogen) atoms. The molecule has 0 bridgehead atoms. The quantitative estimate of drug-likeness (QED) is 0.219. The van der Waals surface area contributed by atoms with Crippen molar-refractivity contribution in [1.29, 1.82) is 0 Å². The van der Waals surface area contributed by atoms with Gasteiger partial charge in [-0.15, -0.1) is 0 Å². The Hall–Kier alpha value is -3.88. The van der Waals surface area contributed by atoms with E-state index in [1.54, 1.807) is 0 Å². The van der Waals surface area contributed by atoms with Gasteiger partial charge in [-0.2, -0.15) is 13.2 Å². The van der Waals surface area contributed by atoms with E-state index in [0.717, 1.165) is 27.9 Å². The summed E-state index contributed by atoms with van der Waals surface area (Å²) in [6.07, 6.45) is -14.9. The maximum Gasteiger partial charge on any atom is 0.468 e. The number of hydrogen-bond acceptors (Lipinski definition) is 12. The van der Waals surface area contributed by atoms with Crippen LogP contribution < -0.4 is 4.74 Å². The largest absolute Gasteiger partial charge is 0.497 e. The highest BCUT2D eigenvalue weighted by atomic mass is 19.4. The summed E-state index contributed by atoms with van der Waals surface area (Å²) in [5, 5.41) is 0. The first-order valence-corrected chi connectivity index (χ1v) is 10.5. The number of esters is 4. The molecule has 0 spiro atoms. The average Bonchev–Trinajstić information content (AvgIpc) is 2.80. The van der Waals surface area contributed by atoms with E-state index in [9.17, 15) is 32.3 Å². The molecule has 0 unspecified atom stereocenters. The van der Waals surface area contributed by atoms with Gasteiger partial charge in [0.25, 0.3) is 5.90 Å². The maximum atomic E-state index is 13.9. The van der Waals surface area contributed by atoms with Gasteiger partial charge in [-0.1, -0.05) is 0 Å². The highest BCUT2D eigenvalue weighted by Crippen LogP contribution is 2.33. The van der Waals surface area contributed by atoms with Gasteiger partial charge in [0.1, 0.15) is 5.75 Å². The van der Waals surface area contributed by atoms with Gasteiger partial charge in [-0.05, 0) is 24.3 Å². The molecule has 2 rings (SSSR count). The molecule has 1 aromatic rings. The third kappa shape index (κ3) is 8.06. The lowest BCUT2D eigenvalue weighted by Crippen LogP contribution is -2.64. The molecule has 1 aromatic carbocycles. The molecule has 1 fully saturated rings. The van der Waals surface area contributed by atoms with E-state index in [0.29, 0.717) is 5.75 Å². The van der Waals surface area contributed by atoms with Crippen molar-refractivity contribution in [3.8, 4) is 5.75 Å². The van der Waals surface area contributed by atoms with Crippen molar-refractivity contribution >= 4 is 35.5 Å². The number of rotatable bonds is 7. The van der Waals surface area contributed by atoms with Gasteiger partial charge < -0.3 is 33.2 Å². The standard InChI is InChI=1S/C22H24F3NO11/c1-10(27)33-15-16(34-11(2)28)18(35-12(3)29)20(36-17(15)19(30)32-5)37-21(22(23,24)25)26-13-6-8-14(31-4)9-7-13/h6-9,15-18,20H,1-5H3/t15-,16-,17+,18+,20+/m1/s1. The molecule has 5 atom stereocenters. The molecule has 1 aliphatic heterocycles. The van der Waals surface area contributed by atoms with Gasteiger partial charge in [-0.25, -0.2) is 9.79 Å². The van der Waals surface area contributed by atoms with Crippen LogP contribution in [-0.2, 0) is 47.6 Å². The summed E-state index contributed by atoms with van der Waals surface area (Å²) in [6.45, 7) is 2.79. The Labute approximate surface area is 208 Å². The van der Waals surface area contributed by atoms with Crippen molar-refractivity contribution < 1.29 is 65.5 Å². The predicted octanol–water partition coefficient (Wildman–Crippen LogP) is 2.00. The Morgan fingerprint density at radius 2 is 1.32 bits per heavy atom. The molecule has 0 aromatic heterocycles. The fraction of sp³-hybridized carbons (Fsp3) is 0.500. The number of nitrogens with zero attached hydrogens (tertiary/aromatic N) is 1. The summed E-state index contributed by atoms with van der Waals surface area (Å²) in [5.41, 5.74) is -0.202. The van der Waals surface area contributed by atoms with Crippen LogP contribution in [0.4, 0.5) is 18.9 Å². The van der Waals surface area contributed by atoms with Gasteiger partial charge in [0.2, 0.25) is 12.4 Å². The van der Waals surface area contributed by atoms with E-state index in [1.807, 2.05) is 0 Å². The molecular weight excluding hydrogens is 511 g/mol. The molecule has 0 saturated carbocycles. The van der Waals surface area contributed by atoms with Crippen LogP contribution in [0.1, 0.15) is 20.8 Å². The van der Waals surface area contributed by atoms with E-state index >= 15 is 0 Å². The Morgan fingerprint density at radius 3 is 1.78 bits per heavy atom. The number of carbonyl (C=O) groups is 4. The SMILES string of the molecule is COC(=O)[C@H]1O[C@@H](OC(=Nc2ccc(OC)cc2)C(F)(F)F)[C@@H](OC(C)=O)[C@H](OC(C)=O)[C@H]1OC(C)=O. The molecule has 1 heterocycles. The minimum absolute atomic E-state index is 0.202. The van der Waals surface area contributed by atoms with Crippen molar-refractivity contribution in [3.63, 3.8) is 0 Å². The van der Waals surface area contributed by atoms with Crippen molar-refractivity contribution in [3.05, 3.63) is 24.3 Å². The first kappa shape index (κ1) is 29.4. The van der Waals surface area contributed by atoms with E-state index in [2.05, 4.69) is 9.73 Å². The number of alkyl halides is 3. The van der Waals surface area contributed by atoms with Crippen LogP contribution in [-0.4, -0.2) is 80.9 Å². The average molecular weight is 535 g/mol. The molecule has 0 amide bonds. The molecule has 15 heteroatoms. The number of halogens is 3. The van der Waals surface area contributed by atoms with Crippen LogP contribution in [0, 0.1) is 0 Å². The van der Waals surface area contributed by atoms with Gasteiger partial charge in [0.05, 0.1) is 19.9 Å². The number of hydrogen-bond donors (Lipinski definition) is 0. The summed E-state index contributed by atoms with van der Waals surface area (Å²) in [4.78, 5) is 51.1. The molecule has 1 aliphatic rings. The molecule has 0 radical (unpaired) electrons. The molecule has 0 N–H and O–H groups in total. The summed E-state index contributed by atoms with van der Waals surface area (Å²) in [6, 6.07) is 5.10. The summed E-state index contributed by atoms with van der Waals surface area (Å²) in [5.74, 6) is -5.74. The number of benzene rings is 1. The van der Waals surface area contributed by atoms with Gasteiger partial charge in [0.15, 0.2) is 18.3 Å². The van der Waals surface area contributed by atoms with Crippen LogP contribution in [0.15, 0.2) is 29.3 Å². The first-order valence-electron chi connectivity index (χ1n) is 10.5. The summed E-state index contributed by atoms with van der Waals surface area (Å²) < 4.78 is 76.7. The Bertz CT molecular complexity index is 1030. The van der Waals surface area contributed by atoms with Crippen LogP contribution in [0.5, 0.6) is 5.75 Å². The predicted molar refractivity (Wildman–Crippen MR) is 115 cm³/mol. The zero-order chi connectivity index (χ0) is 27.9. The monoisotopic (exact) mass is 535 g/mol. The molecule has 0 aliphatic carbocycles. The Morgan fingerprint density at radius 1 is 0.811 bits per heavy atom. The minimum Gasteiger partial charge on any atom is -0.497 e. The van der Waals surface area contributed by atoms with Crippen LogP contribution in [0.25, 0.3) is 0 Å². The van der Waals surface area contributed by atoms with E-state index in [1.165, 1.54) is 31.4 Å². The second-order valence-corrected chi connectivity index (χ2v) is 7.40. The number of aliphatic imine (C=N–C) groups is 1. The highest BCUT2D eigenvalue weighted by molar-refractivity contribution is 5.85. The van der Waals surface area contributed by atoms with E-state index in [-0.39, 0.29) is 5.69 Å². The third-order valence-electron chi connectivity index (χ3n) is 4.61. The van der Waals surface area contributed by atoms with Crippen LogP contribution in [0.3, 0.4) is 0 Å². The topological polar surface area (TPSA) is 145 Å². The van der Waals surface area contributed by atoms with Crippen LogP contribution in [0.2, 0.25) is 0 Å². The van der Waals surface area contributed by atoms with Crippen molar-refractivity contribution in [2.24, 2.45) is 4.99 Å². The lowest BCUT2D eigenvalue weighted by atomic mass is 9.97. The van der Waals surface area contributed by atoms with E-state index in [4.69, 9.17) is 28.4 Å². The zero-order valence-electron chi connectivity index (χ0n) is 20.3. The van der Waals surface area contributed by atoms with Gasteiger partial charge >= 0.3 is 30.1 Å². The van der Waals surface area contributed by atoms with Crippen molar-refractivity contribution in [1.82, 2.24) is 0 Å². The third-order valence-corrected chi connectivity index (χ3v) is 4.61. The first-order chi connectivity index (χ1) is 17.3. The number of methoxy groups -OCH3 is 2. The normalized spacial score (nSPS) is 23.9. The number of carbonyl (C=O) groups excluding carboxylic acids is 4. The Kier molecular flexibility index (Phi) is 9.82. The second-order valence-electron chi connectivity index (χ2n) is 7.40. The number of ether oxygens (including phenoxy) is 7.